The quantitative estimate of drug-likeness (QED) is 0.480. The van der Waals surface area contributed by atoms with Gasteiger partial charge >= 0.3 is 15.7 Å². The largest absolute Gasteiger partial charge is 0.422 e. The van der Waals surface area contributed by atoms with E-state index in [1.165, 1.54) is 30.3 Å². The number of rotatable bonds is 3. The lowest BCUT2D eigenvalue weighted by Crippen LogP contribution is -2.11. The molecule has 0 bridgehead atoms. The predicted octanol–water partition coefficient (Wildman–Crippen LogP) is 4.48. The topological polar surface area (TPSA) is 73.6 Å². The van der Waals surface area contributed by atoms with Crippen LogP contribution < -0.4 is 9.81 Å². The van der Waals surface area contributed by atoms with E-state index in [2.05, 4.69) is 0 Å². The third-order valence-electron chi connectivity index (χ3n) is 3.80. The highest BCUT2D eigenvalue weighted by atomic mass is 35.5. The van der Waals surface area contributed by atoms with Crippen molar-refractivity contribution in [3.8, 4) is 5.75 Å². The number of benzene rings is 2. The molecule has 1 aromatic heterocycles. The van der Waals surface area contributed by atoms with Crippen molar-refractivity contribution in [2.24, 2.45) is 0 Å². The highest BCUT2D eigenvalue weighted by Gasteiger charge is 2.21. The lowest BCUT2D eigenvalue weighted by atomic mass is 10.1. The van der Waals surface area contributed by atoms with Crippen LogP contribution in [0.3, 0.4) is 0 Å². The summed E-state index contributed by atoms with van der Waals surface area (Å²) in [7, 11) is -4.20. The molecular formula is C17H12Cl2O5S. The zero-order chi connectivity index (χ0) is 18.4. The normalized spacial score (nSPS) is 11.7. The molecule has 2 aromatic carbocycles. The first-order valence-corrected chi connectivity index (χ1v) is 9.29. The number of hydrogen-bond acceptors (Lipinski definition) is 5. The third-order valence-corrected chi connectivity index (χ3v) is 5.76. The molecule has 3 rings (SSSR count). The molecular weight excluding hydrogens is 387 g/mol. The summed E-state index contributed by atoms with van der Waals surface area (Å²) in [5.74, 6) is -0.00468. The van der Waals surface area contributed by atoms with Gasteiger partial charge in [-0.1, -0.05) is 23.2 Å². The van der Waals surface area contributed by atoms with Crippen LogP contribution in [0.15, 0.2) is 50.5 Å². The van der Waals surface area contributed by atoms with Crippen molar-refractivity contribution in [1.82, 2.24) is 0 Å². The van der Waals surface area contributed by atoms with E-state index in [4.69, 9.17) is 31.8 Å². The smallest absolute Gasteiger partial charge is 0.340 e. The second-order valence-corrected chi connectivity index (χ2v) is 7.77. The summed E-state index contributed by atoms with van der Waals surface area (Å²) in [4.78, 5) is 11.5. The Bertz CT molecular complexity index is 1150. The summed E-state index contributed by atoms with van der Waals surface area (Å²) in [6, 6.07) is 8.49. The Kier molecular flexibility index (Phi) is 4.53. The predicted molar refractivity (Wildman–Crippen MR) is 96.2 cm³/mol. The molecule has 1 heterocycles. The van der Waals surface area contributed by atoms with E-state index in [1.54, 1.807) is 19.9 Å². The van der Waals surface area contributed by atoms with Gasteiger partial charge in [0.05, 0.1) is 5.02 Å². The Morgan fingerprint density at radius 3 is 2.44 bits per heavy atom. The van der Waals surface area contributed by atoms with Gasteiger partial charge in [0.15, 0.2) is 0 Å². The Morgan fingerprint density at radius 1 is 1.00 bits per heavy atom. The van der Waals surface area contributed by atoms with Crippen LogP contribution in [0.25, 0.3) is 11.0 Å². The molecule has 25 heavy (non-hydrogen) atoms. The molecule has 0 aliphatic heterocycles. The van der Waals surface area contributed by atoms with Gasteiger partial charge in [0, 0.05) is 22.0 Å². The maximum atomic E-state index is 12.4. The van der Waals surface area contributed by atoms with Crippen molar-refractivity contribution < 1.29 is 17.0 Å². The molecule has 0 N–H and O–H groups in total. The van der Waals surface area contributed by atoms with Gasteiger partial charge in [-0.15, -0.1) is 0 Å². The zero-order valence-electron chi connectivity index (χ0n) is 13.2. The van der Waals surface area contributed by atoms with Crippen LogP contribution in [-0.2, 0) is 10.1 Å². The summed E-state index contributed by atoms with van der Waals surface area (Å²) in [6.07, 6.45) is 0. The lowest BCUT2D eigenvalue weighted by molar-refractivity contribution is 0.485. The standard InChI is InChI=1S/C17H12Cl2O5S/c1-9-10(2)17(20)23-15-8-12(4-5-13(9)15)24-25(21,22)16-7-11(18)3-6-14(16)19/h3-8H,1-2H3. The monoisotopic (exact) mass is 398 g/mol. The highest BCUT2D eigenvalue weighted by Crippen LogP contribution is 2.29. The fourth-order valence-electron chi connectivity index (χ4n) is 2.32. The van der Waals surface area contributed by atoms with Gasteiger partial charge in [-0.2, -0.15) is 8.42 Å². The van der Waals surface area contributed by atoms with Gasteiger partial charge in [0.2, 0.25) is 0 Å². The van der Waals surface area contributed by atoms with E-state index >= 15 is 0 Å². The lowest BCUT2D eigenvalue weighted by Gasteiger charge is -2.10. The van der Waals surface area contributed by atoms with E-state index < -0.39 is 15.7 Å². The Morgan fingerprint density at radius 2 is 1.72 bits per heavy atom. The minimum atomic E-state index is -4.20. The number of aryl methyl sites for hydroxylation is 1. The Hall–Kier alpha value is -2.02. The van der Waals surface area contributed by atoms with Gasteiger partial charge in [-0.05, 0) is 49.7 Å². The second kappa shape index (κ2) is 6.37. The fraction of sp³-hybridized carbons (Fsp3) is 0.118. The maximum Gasteiger partial charge on any atom is 0.340 e. The molecule has 5 nitrogen and oxygen atoms in total. The average molecular weight is 399 g/mol. The molecule has 8 heteroatoms. The molecule has 0 atom stereocenters. The molecule has 0 aliphatic carbocycles. The SMILES string of the molecule is Cc1c(C)c2ccc(OS(=O)(=O)c3cc(Cl)ccc3Cl)cc2oc1=O. The van der Waals surface area contributed by atoms with Crippen molar-refractivity contribution >= 4 is 44.3 Å². The van der Waals surface area contributed by atoms with Crippen LogP contribution >= 0.6 is 23.2 Å². The van der Waals surface area contributed by atoms with E-state index in [0.29, 0.717) is 10.9 Å². The Labute approximate surface area is 153 Å². The van der Waals surface area contributed by atoms with Gasteiger partial charge in [0.1, 0.15) is 16.2 Å². The summed E-state index contributed by atoms with van der Waals surface area (Å²) in [5.41, 5.74) is 1.01. The van der Waals surface area contributed by atoms with Gasteiger partial charge in [-0.25, -0.2) is 4.79 Å². The van der Waals surface area contributed by atoms with Gasteiger partial charge in [0.25, 0.3) is 0 Å². The number of halogens is 2. The summed E-state index contributed by atoms with van der Waals surface area (Å²) >= 11 is 11.7. The summed E-state index contributed by atoms with van der Waals surface area (Å²) < 4.78 is 35.2. The maximum absolute atomic E-state index is 12.4. The molecule has 3 aromatic rings. The molecule has 130 valence electrons. The molecule has 0 aliphatic rings. The van der Waals surface area contributed by atoms with E-state index in [9.17, 15) is 13.2 Å². The molecule has 0 saturated heterocycles. The summed E-state index contributed by atoms with van der Waals surface area (Å²) in [5, 5.41) is 0.896. The van der Waals surface area contributed by atoms with Crippen molar-refractivity contribution in [3.05, 3.63) is 68.0 Å². The molecule has 0 radical (unpaired) electrons. The number of hydrogen-bond donors (Lipinski definition) is 0. The van der Waals surface area contributed by atoms with Crippen LogP contribution in [0.5, 0.6) is 5.75 Å². The minimum Gasteiger partial charge on any atom is -0.422 e. The fourth-order valence-corrected chi connectivity index (χ4v) is 3.98. The van der Waals surface area contributed by atoms with Crippen molar-refractivity contribution in [2.75, 3.05) is 0 Å². The number of fused-ring (bicyclic) bond motifs is 1. The first-order valence-electron chi connectivity index (χ1n) is 7.12. The van der Waals surface area contributed by atoms with Crippen LogP contribution in [-0.4, -0.2) is 8.42 Å². The minimum absolute atomic E-state index is 0.00468. The molecule has 0 saturated carbocycles. The average Bonchev–Trinajstić information content (AvgIpc) is 2.54. The van der Waals surface area contributed by atoms with Crippen LogP contribution in [0.1, 0.15) is 11.1 Å². The van der Waals surface area contributed by atoms with E-state index in [0.717, 1.165) is 5.56 Å². The first kappa shape index (κ1) is 17.8. The van der Waals surface area contributed by atoms with Gasteiger partial charge < -0.3 is 8.60 Å². The van der Waals surface area contributed by atoms with Crippen LogP contribution in [0, 0.1) is 13.8 Å². The summed E-state index contributed by atoms with van der Waals surface area (Å²) in [6.45, 7) is 3.45. The zero-order valence-corrected chi connectivity index (χ0v) is 15.5. The first-order chi connectivity index (χ1) is 11.7. The van der Waals surface area contributed by atoms with Crippen molar-refractivity contribution in [3.63, 3.8) is 0 Å². The molecule has 0 spiro atoms. The highest BCUT2D eigenvalue weighted by molar-refractivity contribution is 7.87. The second-order valence-electron chi connectivity index (χ2n) is 5.41. The molecule has 0 fully saturated rings. The van der Waals surface area contributed by atoms with E-state index in [-0.39, 0.29) is 26.3 Å². The van der Waals surface area contributed by atoms with Crippen molar-refractivity contribution in [1.29, 1.82) is 0 Å². The van der Waals surface area contributed by atoms with Crippen molar-refractivity contribution in [2.45, 2.75) is 18.7 Å². The van der Waals surface area contributed by atoms with E-state index in [1.807, 2.05) is 0 Å². The van der Waals surface area contributed by atoms with Crippen LogP contribution in [0.2, 0.25) is 10.0 Å². The third kappa shape index (κ3) is 3.38. The molecule has 0 amide bonds. The Balaban J connectivity index is 2.07. The molecule has 0 unspecified atom stereocenters. The van der Waals surface area contributed by atoms with Crippen LogP contribution in [0.4, 0.5) is 0 Å². The van der Waals surface area contributed by atoms with Gasteiger partial charge in [-0.3, -0.25) is 0 Å².